The van der Waals surface area contributed by atoms with Crippen molar-refractivity contribution >= 4 is 34.4 Å². The maximum Gasteiger partial charge on any atom is 0.328 e. The number of amides is 2. The molecule has 2 atom stereocenters. The van der Waals surface area contributed by atoms with E-state index in [2.05, 4.69) is 20.6 Å². The lowest BCUT2D eigenvalue weighted by Crippen LogP contribution is -2.29. The Morgan fingerprint density at radius 3 is 2.61 bits per heavy atom. The zero-order valence-electron chi connectivity index (χ0n) is 20.0. The molecule has 1 aromatic heterocycles. The van der Waals surface area contributed by atoms with Crippen LogP contribution < -0.4 is 31.4 Å². The van der Waals surface area contributed by atoms with Crippen LogP contribution in [0.2, 0.25) is 0 Å². The lowest BCUT2D eigenvalue weighted by molar-refractivity contribution is -0.122. The highest BCUT2D eigenvalue weighted by molar-refractivity contribution is 8.15. The van der Waals surface area contributed by atoms with Crippen molar-refractivity contribution in [1.82, 2.24) is 15.3 Å². The van der Waals surface area contributed by atoms with Gasteiger partial charge in [-0.05, 0) is 30.3 Å². The number of aromatic nitrogens is 2. The van der Waals surface area contributed by atoms with Crippen LogP contribution in [0, 0.1) is 5.82 Å². The van der Waals surface area contributed by atoms with Gasteiger partial charge in [0.25, 0.3) is 5.56 Å². The number of thioether (sulfide) groups is 1. The average Bonchev–Trinajstić information content (AvgIpc) is 3.21. The van der Waals surface area contributed by atoms with Crippen LogP contribution >= 0.6 is 11.8 Å². The van der Waals surface area contributed by atoms with Gasteiger partial charge < -0.3 is 25.2 Å². The van der Waals surface area contributed by atoms with E-state index < -0.39 is 46.1 Å². The van der Waals surface area contributed by atoms with Gasteiger partial charge in [0.15, 0.2) is 5.17 Å². The Kier molecular flexibility index (Phi) is 7.81. The third-order valence-electron chi connectivity index (χ3n) is 5.51. The SMILES string of the molecule is COc1ccc(OC)c([C@H](N=C2NC(=O)[C@@H](CC(=O)Nc3ccccc3F)S2)c2c(O)[nH]c(=O)[nH]c2=O)c1. The first kappa shape index (κ1) is 26.5. The van der Waals surface area contributed by atoms with E-state index in [1.165, 1.54) is 38.5 Å². The first-order valence-electron chi connectivity index (χ1n) is 11.1. The number of rotatable bonds is 8. The number of nitrogens with one attached hydrogen (secondary N) is 4. The van der Waals surface area contributed by atoms with Crippen molar-refractivity contribution in [2.24, 2.45) is 4.99 Å². The number of carbonyl (C=O) groups excluding carboxylic acids is 2. The van der Waals surface area contributed by atoms with Gasteiger partial charge in [0.05, 0.1) is 19.9 Å². The first-order chi connectivity index (χ1) is 18.2. The number of benzene rings is 2. The minimum Gasteiger partial charge on any atom is -0.497 e. The molecule has 12 nitrogen and oxygen atoms in total. The van der Waals surface area contributed by atoms with Gasteiger partial charge in [0.2, 0.25) is 17.7 Å². The van der Waals surface area contributed by atoms with Crippen LogP contribution in [-0.4, -0.2) is 51.5 Å². The Morgan fingerprint density at radius 2 is 1.92 bits per heavy atom. The van der Waals surface area contributed by atoms with E-state index in [-0.39, 0.29) is 34.2 Å². The van der Waals surface area contributed by atoms with Crippen molar-refractivity contribution in [3.8, 4) is 17.4 Å². The lowest BCUT2D eigenvalue weighted by atomic mass is 9.99. The van der Waals surface area contributed by atoms with Gasteiger partial charge in [-0.15, -0.1) is 0 Å². The van der Waals surface area contributed by atoms with Crippen molar-refractivity contribution in [3.05, 3.63) is 80.2 Å². The average molecular weight is 544 g/mol. The van der Waals surface area contributed by atoms with Crippen molar-refractivity contribution in [1.29, 1.82) is 0 Å². The van der Waals surface area contributed by atoms with Crippen molar-refractivity contribution in [2.75, 3.05) is 19.5 Å². The first-order valence-corrected chi connectivity index (χ1v) is 11.9. The van der Waals surface area contributed by atoms with E-state index in [0.29, 0.717) is 5.75 Å². The third-order valence-corrected chi connectivity index (χ3v) is 6.60. The molecule has 2 heterocycles. The molecule has 198 valence electrons. The number of ether oxygens (including phenoxy) is 2. The minimum atomic E-state index is -1.27. The number of H-pyrrole nitrogens is 2. The molecule has 0 radical (unpaired) electrons. The van der Waals surface area contributed by atoms with Gasteiger partial charge in [-0.25, -0.2) is 14.2 Å². The topological polar surface area (TPSA) is 175 Å². The molecule has 0 bridgehead atoms. The highest BCUT2D eigenvalue weighted by Crippen LogP contribution is 2.38. The number of aliphatic imine (C=N–C) groups is 1. The van der Waals surface area contributed by atoms with E-state index in [1.807, 2.05) is 4.98 Å². The molecule has 14 heteroatoms. The van der Waals surface area contributed by atoms with Gasteiger partial charge in [-0.3, -0.25) is 24.4 Å². The number of aromatic hydroxyl groups is 1. The summed E-state index contributed by atoms with van der Waals surface area (Å²) in [5, 5.41) is 14.6. The van der Waals surface area contributed by atoms with E-state index in [0.717, 1.165) is 11.8 Å². The zero-order valence-corrected chi connectivity index (χ0v) is 20.8. The maximum atomic E-state index is 13.9. The molecule has 3 aromatic rings. The summed E-state index contributed by atoms with van der Waals surface area (Å²) in [5.41, 5.74) is -1.90. The summed E-state index contributed by atoms with van der Waals surface area (Å²) >= 11 is 0.915. The van der Waals surface area contributed by atoms with Crippen LogP contribution in [0.1, 0.15) is 23.6 Å². The number of carbonyl (C=O) groups is 2. The molecule has 1 saturated heterocycles. The maximum absolute atomic E-state index is 13.9. The number of hydrogen-bond acceptors (Lipinski definition) is 9. The summed E-state index contributed by atoms with van der Waals surface area (Å²) in [6, 6.07) is 9.05. The fourth-order valence-corrected chi connectivity index (χ4v) is 4.73. The van der Waals surface area contributed by atoms with E-state index >= 15 is 0 Å². The summed E-state index contributed by atoms with van der Waals surface area (Å²) in [6.45, 7) is 0. The van der Waals surface area contributed by atoms with E-state index in [9.17, 15) is 28.7 Å². The molecule has 1 fully saturated rings. The quantitative estimate of drug-likeness (QED) is 0.285. The number of amidine groups is 1. The number of aromatic amines is 2. The highest BCUT2D eigenvalue weighted by Gasteiger charge is 2.34. The smallest absolute Gasteiger partial charge is 0.328 e. The normalized spacial score (nSPS) is 16.7. The molecule has 1 aliphatic heterocycles. The molecule has 0 saturated carbocycles. The van der Waals surface area contributed by atoms with Gasteiger partial charge in [0.1, 0.15) is 34.2 Å². The summed E-state index contributed by atoms with van der Waals surface area (Å²) < 4.78 is 24.5. The summed E-state index contributed by atoms with van der Waals surface area (Å²) in [5.74, 6) is -1.81. The van der Waals surface area contributed by atoms with Crippen LogP contribution in [-0.2, 0) is 9.59 Å². The van der Waals surface area contributed by atoms with Gasteiger partial charge in [-0.2, -0.15) is 0 Å². The predicted octanol–water partition coefficient (Wildman–Crippen LogP) is 1.63. The zero-order chi connectivity index (χ0) is 27.4. The number of halogens is 1. The Hall–Kier alpha value is -4.59. The molecule has 4 rings (SSSR count). The second-order valence-corrected chi connectivity index (χ2v) is 9.13. The third kappa shape index (κ3) is 5.70. The number of methoxy groups -OCH3 is 2. The summed E-state index contributed by atoms with van der Waals surface area (Å²) in [6.07, 6.45) is -0.290. The monoisotopic (exact) mass is 543 g/mol. The Labute approximate surface area is 218 Å². The Balaban J connectivity index is 1.68. The number of hydrogen-bond donors (Lipinski definition) is 5. The van der Waals surface area contributed by atoms with Crippen LogP contribution in [0.25, 0.3) is 0 Å². The fraction of sp³-hybridized carbons (Fsp3) is 0.208. The van der Waals surface area contributed by atoms with Gasteiger partial charge in [-0.1, -0.05) is 23.9 Å². The molecule has 0 unspecified atom stereocenters. The number of nitrogens with zero attached hydrogens (tertiary/aromatic N) is 1. The molecule has 1 aliphatic rings. The Bertz CT molecular complexity index is 1540. The molecule has 38 heavy (non-hydrogen) atoms. The summed E-state index contributed by atoms with van der Waals surface area (Å²) in [4.78, 5) is 58.1. The van der Waals surface area contributed by atoms with Crippen molar-refractivity contribution in [2.45, 2.75) is 17.7 Å². The van der Waals surface area contributed by atoms with Crippen LogP contribution in [0.15, 0.2) is 57.0 Å². The number of para-hydroxylation sites is 1. The standard InChI is InChI=1S/C24H22FN5O7S/c1-36-11-7-8-15(37-2)12(9-11)19(18-21(33)28-23(35)29-22(18)34)27-24-30-20(32)16(38-24)10-17(31)26-14-6-4-3-5-13(14)25/h3-9,16,19H,10H2,1-2H3,(H,26,31)(H,27,30,32)(H3,28,29,33,34,35)/t16-,19+/m1/s1. The molecule has 2 amide bonds. The Morgan fingerprint density at radius 1 is 1.16 bits per heavy atom. The van der Waals surface area contributed by atoms with E-state index in [1.54, 1.807) is 18.2 Å². The second kappa shape index (κ2) is 11.2. The molecular formula is C24H22FN5O7S. The van der Waals surface area contributed by atoms with Gasteiger partial charge in [0, 0.05) is 12.0 Å². The van der Waals surface area contributed by atoms with Crippen LogP contribution in [0.4, 0.5) is 10.1 Å². The van der Waals surface area contributed by atoms with Crippen LogP contribution in [0.5, 0.6) is 17.4 Å². The number of anilines is 1. The molecular weight excluding hydrogens is 521 g/mol. The van der Waals surface area contributed by atoms with Crippen LogP contribution in [0.3, 0.4) is 0 Å². The fourth-order valence-electron chi connectivity index (χ4n) is 3.73. The molecule has 2 aromatic carbocycles. The van der Waals surface area contributed by atoms with Crippen molar-refractivity contribution in [3.63, 3.8) is 0 Å². The predicted molar refractivity (Wildman–Crippen MR) is 137 cm³/mol. The second-order valence-electron chi connectivity index (χ2n) is 7.94. The molecule has 0 aliphatic carbocycles. The van der Waals surface area contributed by atoms with Gasteiger partial charge >= 0.3 is 5.69 Å². The minimum absolute atomic E-state index is 0.0206. The molecule has 5 N–H and O–H groups in total. The largest absolute Gasteiger partial charge is 0.497 e. The molecule has 0 spiro atoms. The highest BCUT2D eigenvalue weighted by atomic mass is 32.2. The van der Waals surface area contributed by atoms with E-state index in [4.69, 9.17) is 9.47 Å². The lowest BCUT2D eigenvalue weighted by Gasteiger charge is -2.18. The van der Waals surface area contributed by atoms with Crippen molar-refractivity contribution < 1.29 is 28.6 Å². The summed E-state index contributed by atoms with van der Waals surface area (Å²) in [7, 11) is 2.82.